The van der Waals surface area contributed by atoms with Crippen LogP contribution in [0.4, 0.5) is 0 Å². The fourth-order valence-electron chi connectivity index (χ4n) is 3.43. The van der Waals surface area contributed by atoms with Gasteiger partial charge in [-0.15, -0.1) is 0 Å². The van der Waals surface area contributed by atoms with E-state index in [9.17, 15) is 0 Å². The predicted octanol–water partition coefficient (Wildman–Crippen LogP) is 3.81. The van der Waals surface area contributed by atoms with Crippen molar-refractivity contribution >= 4 is 0 Å². The molecule has 0 heterocycles. The average molecular weight is 274 g/mol. The lowest BCUT2D eigenvalue weighted by Crippen LogP contribution is -2.38. The third-order valence-electron chi connectivity index (χ3n) is 4.59. The molecule has 2 rings (SSSR count). The molecule has 2 heteroatoms. The zero-order valence-corrected chi connectivity index (χ0v) is 13.4. The van der Waals surface area contributed by atoms with E-state index in [1.807, 2.05) is 0 Å². The van der Waals surface area contributed by atoms with Gasteiger partial charge in [0.2, 0.25) is 0 Å². The Morgan fingerprint density at radius 1 is 1.10 bits per heavy atom. The van der Waals surface area contributed by atoms with Gasteiger partial charge < -0.3 is 10.2 Å². The van der Waals surface area contributed by atoms with E-state index < -0.39 is 0 Å². The fourth-order valence-corrected chi connectivity index (χ4v) is 3.43. The van der Waals surface area contributed by atoms with Crippen molar-refractivity contribution in [2.45, 2.75) is 58.2 Å². The van der Waals surface area contributed by atoms with E-state index in [1.165, 1.54) is 43.2 Å². The molecule has 1 aliphatic rings. The second-order valence-electron chi connectivity index (χ2n) is 6.45. The lowest BCUT2D eigenvalue weighted by atomic mass is 9.83. The van der Waals surface area contributed by atoms with Crippen LogP contribution in [0.3, 0.4) is 0 Å². The Kier molecular flexibility index (Phi) is 6.06. The van der Waals surface area contributed by atoms with Gasteiger partial charge in [0.05, 0.1) is 0 Å². The molecule has 1 saturated carbocycles. The molecular formula is C18H30N2. The van der Waals surface area contributed by atoms with E-state index in [2.05, 4.69) is 55.5 Å². The molecule has 1 aromatic rings. The van der Waals surface area contributed by atoms with Gasteiger partial charge in [-0.1, -0.05) is 50.5 Å². The minimum Gasteiger partial charge on any atom is -0.310 e. The SMILES string of the molecule is CCC1CCCCC1NCc1ccccc1CN(C)C. The average Bonchev–Trinajstić information content (AvgIpc) is 2.46. The second kappa shape index (κ2) is 7.80. The highest BCUT2D eigenvalue weighted by Gasteiger charge is 2.23. The van der Waals surface area contributed by atoms with Crippen LogP contribution in [0.25, 0.3) is 0 Å². The van der Waals surface area contributed by atoms with E-state index in [0.29, 0.717) is 0 Å². The topological polar surface area (TPSA) is 15.3 Å². The summed E-state index contributed by atoms with van der Waals surface area (Å²) in [4.78, 5) is 2.24. The fraction of sp³-hybridized carbons (Fsp3) is 0.667. The molecule has 1 aromatic carbocycles. The van der Waals surface area contributed by atoms with Gasteiger partial charge in [-0.05, 0) is 44.0 Å². The normalized spacial score (nSPS) is 23.2. The third kappa shape index (κ3) is 4.32. The molecule has 0 aromatic heterocycles. The van der Waals surface area contributed by atoms with E-state index in [0.717, 1.165) is 25.0 Å². The van der Waals surface area contributed by atoms with Crippen molar-refractivity contribution in [1.82, 2.24) is 10.2 Å². The summed E-state index contributed by atoms with van der Waals surface area (Å²) in [5.74, 6) is 0.879. The monoisotopic (exact) mass is 274 g/mol. The summed E-state index contributed by atoms with van der Waals surface area (Å²) < 4.78 is 0. The van der Waals surface area contributed by atoms with Gasteiger partial charge in [0, 0.05) is 19.1 Å². The van der Waals surface area contributed by atoms with E-state index in [1.54, 1.807) is 0 Å². The molecule has 0 aliphatic heterocycles. The van der Waals surface area contributed by atoms with Crippen LogP contribution < -0.4 is 5.32 Å². The zero-order chi connectivity index (χ0) is 14.4. The summed E-state index contributed by atoms with van der Waals surface area (Å²) in [7, 11) is 4.27. The summed E-state index contributed by atoms with van der Waals surface area (Å²) in [5.41, 5.74) is 2.91. The lowest BCUT2D eigenvalue weighted by molar-refractivity contribution is 0.254. The van der Waals surface area contributed by atoms with Crippen LogP contribution in [-0.4, -0.2) is 25.0 Å². The Hall–Kier alpha value is -0.860. The maximum Gasteiger partial charge on any atom is 0.0230 e. The summed E-state index contributed by atoms with van der Waals surface area (Å²) in [6.45, 7) is 4.38. The van der Waals surface area contributed by atoms with Crippen LogP contribution in [0, 0.1) is 5.92 Å². The van der Waals surface area contributed by atoms with Crippen molar-refractivity contribution in [3.63, 3.8) is 0 Å². The molecule has 2 atom stereocenters. The Morgan fingerprint density at radius 3 is 2.50 bits per heavy atom. The number of benzene rings is 1. The van der Waals surface area contributed by atoms with Crippen LogP contribution in [0.1, 0.15) is 50.2 Å². The molecule has 0 bridgehead atoms. The van der Waals surface area contributed by atoms with Crippen LogP contribution in [0.2, 0.25) is 0 Å². The number of hydrogen-bond acceptors (Lipinski definition) is 2. The zero-order valence-electron chi connectivity index (χ0n) is 13.4. The first kappa shape index (κ1) is 15.5. The minimum absolute atomic E-state index is 0.723. The molecule has 0 spiro atoms. The Balaban J connectivity index is 1.96. The van der Waals surface area contributed by atoms with Gasteiger partial charge in [0.1, 0.15) is 0 Å². The predicted molar refractivity (Wildman–Crippen MR) is 86.7 cm³/mol. The van der Waals surface area contributed by atoms with Gasteiger partial charge >= 0.3 is 0 Å². The highest BCUT2D eigenvalue weighted by molar-refractivity contribution is 5.27. The highest BCUT2D eigenvalue weighted by Crippen LogP contribution is 2.27. The lowest BCUT2D eigenvalue weighted by Gasteiger charge is -2.32. The summed E-state index contributed by atoms with van der Waals surface area (Å²) >= 11 is 0. The van der Waals surface area contributed by atoms with Gasteiger partial charge in [-0.25, -0.2) is 0 Å². The maximum absolute atomic E-state index is 3.83. The first-order valence-electron chi connectivity index (χ1n) is 8.15. The van der Waals surface area contributed by atoms with Gasteiger partial charge in [-0.3, -0.25) is 0 Å². The van der Waals surface area contributed by atoms with Crippen molar-refractivity contribution in [2.24, 2.45) is 5.92 Å². The van der Waals surface area contributed by atoms with Gasteiger partial charge in [0.15, 0.2) is 0 Å². The van der Waals surface area contributed by atoms with Crippen molar-refractivity contribution in [3.8, 4) is 0 Å². The molecule has 1 N–H and O–H groups in total. The molecular weight excluding hydrogens is 244 g/mol. The molecule has 2 nitrogen and oxygen atoms in total. The summed E-state index contributed by atoms with van der Waals surface area (Å²) in [6.07, 6.45) is 6.90. The minimum atomic E-state index is 0.723. The highest BCUT2D eigenvalue weighted by atomic mass is 15.0. The molecule has 20 heavy (non-hydrogen) atoms. The first-order valence-corrected chi connectivity index (χ1v) is 8.15. The second-order valence-corrected chi connectivity index (χ2v) is 6.45. The Morgan fingerprint density at radius 2 is 1.80 bits per heavy atom. The van der Waals surface area contributed by atoms with E-state index in [-0.39, 0.29) is 0 Å². The van der Waals surface area contributed by atoms with E-state index in [4.69, 9.17) is 0 Å². The molecule has 1 fully saturated rings. The van der Waals surface area contributed by atoms with Gasteiger partial charge in [-0.2, -0.15) is 0 Å². The van der Waals surface area contributed by atoms with Crippen LogP contribution in [-0.2, 0) is 13.1 Å². The standard InChI is InChI=1S/C18H30N2/c1-4-15-9-7-8-12-18(15)19-13-16-10-5-6-11-17(16)14-20(2)3/h5-6,10-11,15,18-19H,4,7-9,12-14H2,1-3H3. The number of nitrogens with zero attached hydrogens (tertiary/aromatic N) is 1. The summed E-state index contributed by atoms with van der Waals surface area (Å²) in [6, 6.07) is 9.57. The van der Waals surface area contributed by atoms with Crippen LogP contribution in [0.15, 0.2) is 24.3 Å². The Labute approximate surface area is 124 Å². The first-order chi connectivity index (χ1) is 9.70. The Bertz CT molecular complexity index is 400. The van der Waals surface area contributed by atoms with Crippen molar-refractivity contribution in [3.05, 3.63) is 35.4 Å². The van der Waals surface area contributed by atoms with Crippen LogP contribution >= 0.6 is 0 Å². The number of nitrogens with one attached hydrogen (secondary N) is 1. The van der Waals surface area contributed by atoms with Crippen LogP contribution in [0.5, 0.6) is 0 Å². The summed E-state index contributed by atoms with van der Waals surface area (Å²) in [5, 5.41) is 3.83. The van der Waals surface area contributed by atoms with Gasteiger partial charge in [0.25, 0.3) is 0 Å². The molecule has 112 valence electrons. The molecule has 0 radical (unpaired) electrons. The molecule has 0 amide bonds. The molecule has 2 unspecified atom stereocenters. The molecule has 1 aliphatic carbocycles. The van der Waals surface area contributed by atoms with Crippen molar-refractivity contribution in [2.75, 3.05) is 14.1 Å². The number of rotatable bonds is 6. The maximum atomic E-state index is 3.83. The quantitative estimate of drug-likeness (QED) is 0.848. The van der Waals surface area contributed by atoms with E-state index >= 15 is 0 Å². The smallest absolute Gasteiger partial charge is 0.0230 e. The van der Waals surface area contributed by atoms with Crippen molar-refractivity contribution in [1.29, 1.82) is 0 Å². The largest absolute Gasteiger partial charge is 0.310 e. The van der Waals surface area contributed by atoms with Crippen molar-refractivity contribution < 1.29 is 0 Å². The number of hydrogen-bond donors (Lipinski definition) is 1. The third-order valence-corrected chi connectivity index (χ3v) is 4.59. The molecule has 0 saturated heterocycles.